The summed E-state index contributed by atoms with van der Waals surface area (Å²) in [5.41, 5.74) is 2.47. The van der Waals surface area contributed by atoms with Crippen LogP contribution in [0, 0.1) is 12.7 Å². The zero-order valence-corrected chi connectivity index (χ0v) is 11.3. The van der Waals surface area contributed by atoms with E-state index in [0.29, 0.717) is 5.56 Å². The van der Waals surface area contributed by atoms with Crippen molar-refractivity contribution in [3.63, 3.8) is 0 Å². The monoisotopic (exact) mass is 265 g/mol. The van der Waals surface area contributed by atoms with Crippen LogP contribution in [0.2, 0.25) is 0 Å². The summed E-state index contributed by atoms with van der Waals surface area (Å²) in [5, 5.41) is 12.1. The lowest BCUT2D eigenvalue weighted by molar-refractivity contribution is 0.260. The Bertz CT molecular complexity index is 534. The Morgan fingerprint density at radius 2 is 2.22 bits per heavy atom. The smallest absolute Gasteiger partial charge is 0.126 e. The Morgan fingerprint density at radius 1 is 1.44 bits per heavy atom. The Balaban J connectivity index is 2.31. The number of nitrogens with zero attached hydrogens (tertiary/aromatic N) is 1. The van der Waals surface area contributed by atoms with E-state index >= 15 is 0 Å². The van der Waals surface area contributed by atoms with Gasteiger partial charge in [0.25, 0.3) is 0 Å². The second-order valence-electron chi connectivity index (χ2n) is 4.33. The minimum Gasteiger partial charge on any atom is -0.396 e. The molecule has 0 saturated heterocycles. The summed E-state index contributed by atoms with van der Waals surface area (Å²) in [6.07, 6.45) is 0.863. The maximum atomic E-state index is 13.2. The van der Waals surface area contributed by atoms with Crippen LogP contribution in [-0.2, 0) is 0 Å². The number of aryl methyl sites for hydroxylation is 1. The van der Waals surface area contributed by atoms with E-state index in [9.17, 15) is 9.50 Å². The fourth-order valence-corrected chi connectivity index (χ4v) is 2.71. The molecule has 0 aliphatic heterocycles. The minimum atomic E-state index is -0.197. The van der Waals surface area contributed by atoms with E-state index in [-0.39, 0.29) is 18.3 Å². The van der Waals surface area contributed by atoms with Gasteiger partial charge < -0.3 is 5.11 Å². The van der Waals surface area contributed by atoms with Crippen molar-refractivity contribution < 1.29 is 9.50 Å². The largest absolute Gasteiger partial charge is 0.396 e. The molecule has 1 aromatic carbocycles. The number of aliphatic hydroxyl groups is 1. The fraction of sp³-hybridized carbons (Fsp3) is 0.357. The van der Waals surface area contributed by atoms with Crippen molar-refractivity contribution in [2.75, 3.05) is 6.61 Å². The third kappa shape index (κ3) is 2.60. The molecule has 0 radical (unpaired) electrons. The van der Waals surface area contributed by atoms with E-state index < -0.39 is 0 Å². The number of halogens is 1. The zero-order valence-electron chi connectivity index (χ0n) is 10.5. The van der Waals surface area contributed by atoms with Crippen LogP contribution in [0.4, 0.5) is 4.39 Å². The van der Waals surface area contributed by atoms with Crippen LogP contribution in [0.3, 0.4) is 0 Å². The van der Waals surface area contributed by atoms with E-state index in [0.717, 1.165) is 22.7 Å². The summed E-state index contributed by atoms with van der Waals surface area (Å²) in [6, 6.07) is 5.01. The first kappa shape index (κ1) is 13.2. The van der Waals surface area contributed by atoms with Gasteiger partial charge in [0.2, 0.25) is 0 Å². The van der Waals surface area contributed by atoms with E-state index in [2.05, 4.69) is 4.98 Å². The molecule has 2 nitrogen and oxygen atoms in total. The predicted molar refractivity (Wildman–Crippen MR) is 72.4 cm³/mol. The van der Waals surface area contributed by atoms with Crippen molar-refractivity contribution in [3.05, 3.63) is 40.7 Å². The molecular weight excluding hydrogens is 249 g/mol. The summed E-state index contributed by atoms with van der Waals surface area (Å²) >= 11 is 1.53. The number of hydrogen-bond donors (Lipinski definition) is 1. The predicted octanol–water partition coefficient (Wildman–Crippen LogP) is 3.74. The molecule has 4 heteroatoms. The summed E-state index contributed by atoms with van der Waals surface area (Å²) in [5.74, 6) is -0.103. The topological polar surface area (TPSA) is 33.1 Å². The number of benzene rings is 1. The SMILES string of the molecule is CCC(CO)c1csc(-c2ccc(F)c(C)c2)n1. The highest BCUT2D eigenvalue weighted by molar-refractivity contribution is 7.13. The molecule has 0 aliphatic rings. The van der Waals surface area contributed by atoms with Crippen LogP contribution >= 0.6 is 11.3 Å². The van der Waals surface area contributed by atoms with Gasteiger partial charge in [0.1, 0.15) is 10.8 Å². The average molecular weight is 265 g/mol. The average Bonchev–Trinajstić information content (AvgIpc) is 2.84. The van der Waals surface area contributed by atoms with Crippen LogP contribution in [-0.4, -0.2) is 16.7 Å². The van der Waals surface area contributed by atoms with Crippen LogP contribution in [0.25, 0.3) is 10.6 Å². The molecule has 0 amide bonds. The molecular formula is C14H16FNOS. The number of thiazole rings is 1. The van der Waals surface area contributed by atoms with Crippen molar-refractivity contribution in [1.82, 2.24) is 4.98 Å². The van der Waals surface area contributed by atoms with Crippen molar-refractivity contribution in [2.24, 2.45) is 0 Å². The van der Waals surface area contributed by atoms with Crippen molar-refractivity contribution in [2.45, 2.75) is 26.2 Å². The van der Waals surface area contributed by atoms with E-state index in [1.807, 2.05) is 12.3 Å². The van der Waals surface area contributed by atoms with Gasteiger partial charge in [-0.2, -0.15) is 0 Å². The summed E-state index contributed by atoms with van der Waals surface area (Å²) in [7, 11) is 0. The van der Waals surface area contributed by atoms with Crippen molar-refractivity contribution >= 4 is 11.3 Å². The Hall–Kier alpha value is -1.26. The number of hydrogen-bond acceptors (Lipinski definition) is 3. The molecule has 1 atom stereocenters. The molecule has 18 heavy (non-hydrogen) atoms. The molecule has 1 heterocycles. The highest BCUT2D eigenvalue weighted by Crippen LogP contribution is 2.29. The molecule has 1 aromatic heterocycles. The van der Waals surface area contributed by atoms with Crippen molar-refractivity contribution in [1.29, 1.82) is 0 Å². The zero-order chi connectivity index (χ0) is 13.1. The number of rotatable bonds is 4. The first-order valence-electron chi connectivity index (χ1n) is 5.98. The Morgan fingerprint density at radius 3 is 2.83 bits per heavy atom. The molecule has 1 N–H and O–H groups in total. The van der Waals surface area contributed by atoms with Gasteiger partial charge >= 0.3 is 0 Å². The van der Waals surface area contributed by atoms with Gasteiger partial charge in [-0.1, -0.05) is 6.92 Å². The second kappa shape index (κ2) is 5.59. The highest BCUT2D eigenvalue weighted by atomic mass is 32.1. The van der Waals surface area contributed by atoms with Gasteiger partial charge in [-0.25, -0.2) is 9.37 Å². The van der Waals surface area contributed by atoms with E-state index in [4.69, 9.17) is 0 Å². The van der Waals surface area contributed by atoms with Gasteiger partial charge in [-0.05, 0) is 37.1 Å². The third-order valence-corrected chi connectivity index (χ3v) is 3.97. The first-order valence-corrected chi connectivity index (χ1v) is 6.86. The summed E-state index contributed by atoms with van der Waals surface area (Å²) in [6.45, 7) is 3.89. The van der Waals surface area contributed by atoms with Crippen LogP contribution < -0.4 is 0 Å². The molecule has 0 saturated carbocycles. The lowest BCUT2D eigenvalue weighted by Crippen LogP contribution is -2.02. The van der Waals surface area contributed by atoms with Crippen LogP contribution in [0.15, 0.2) is 23.6 Å². The van der Waals surface area contributed by atoms with Crippen LogP contribution in [0.5, 0.6) is 0 Å². The number of aliphatic hydroxyl groups excluding tert-OH is 1. The fourth-order valence-electron chi connectivity index (χ4n) is 1.82. The minimum absolute atomic E-state index is 0.0940. The van der Waals surface area contributed by atoms with Gasteiger partial charge in [-0.15, -0.1) is 11.3 Å². The first-order chi connectivity index (χ1) is 8.65. The molecule has 1 unspecified atom stereocenters. The molecule has 2 aromatic rings. The third-order valence-electron chi connectivity index (χ3n) is 3.06. The van der Waals surface area contributed by atoms with Gasteiger partial charge in [0.15, 0.2) is 0 Å². The molecule has 0 bridgehead atoms. The molecule has 2 rings (SSSR count). The quantitative estimate of drug-likeness (QED) is 0.913. The highest BCUT2D eigenvalue weighted by Gasteiger charge is 2.13. The Kier molecular flexibility index (Phi) is 4.09. The number of aromatic nitrogens is 1. The maximum absolute atomic E-state index is 13.2. The second-order valence-corrected chi connectivity index (χ2v) is 5.19. The summed E-state index contributed by atoms with van der Waals surface area (Å²) < 4.78 is 13.2. The van der Waals surface area contributed by atoms with Crippen molar-refractivity contribution in [3.8, 4) is 10.6 Å². The Labute approximate surface area is 110 Å². The lowest BCUT2D eigenvalue weighted by Gasteiger charge is -2.07. The van der Waals surface area contributed by atoms with Gasteiger partial charge in [0.05, 0.1) is 12.3 Å². The van der Waals surface area contributed by atoms with Gasteiger partial charge in [-0.3, -0.25) is 0 Å². The maximum Gasteiger partial charge on any atom is 0.126 e. The van der Waals surface area contributed by atoms with Gasteiger partial charge in [0, 0.05) is 16.9 Å². The molecule has 0 aliphatic carbocycles. The summed E-state index contributed by atoms with van der Waals surface area (Å²) in [4.78, 5) is 4.53. The normalized spacial score (nSPS) is 12.7. The van der Waals surface area contributed by atoms with Crippen LogP contribution in [0.1, 0.15) is 30.5 Å². The molecule has 96 valence electrons. The molecule has 0 fully saturated rings. The van der Waals surface area contributed by atoms with E-state index in [1.54, 1.807) is 19.1 Å². The standard InChI is InChI=1S/C14H16FNOS/c1-3-10(7-17)13-8-18-14(16-13)11-4-5-12(15)9(2)6-11/h4-6,8,10,17H,3,7H2,1-2H3. The lowest BCUT2D eigenvalue weighted by atomic mass is 10.1. The molecule has 0 spiro atoms. The van der Waals surface area contributed by atoms with E-state index in [1.165, 1.54) is 17.4 Å².